The number of nitrogens with two attached hydrogens (primary N) is 1. The van der Waals surface area contributed by atoms with Crippen molar-refractivity contribution in [3.05, 3.63) is 53.3 Å². The second-order valence-corrected chi connectivity index (χ2v) is 6.77. The Hall–Kier alpha value is -2.19. The molecule has 1 aromatic heterocycles. The van der Waals surface area contributed by atoms with E-state index in [2.05, 4.69) is 15.3 Å². The third-order valence-electron chi connectivity index (χ3n) is 4.52. The van der Waals surface area contributed by atoms with Crippen molar-refractivity contribution in [3.63, 3.8) is 0 Å². The minimum absolute atomic E-state index is 0.178. The van der Waals surface area contributed by atoms with Crippen molar-refractivity contribution < 1.29 is 17.9 Å². The monoisotopic (exact) mass is 410 g/mol. The lowest BCUT2D eigenvalue weighted by Gasteiger charge is -2.11. The molecule has 0 amide bonds. The number of benzene rings is 1. The van der Waals surface area contributed by atoms with E-state index in [1.165, 1.54) is 30.5 Å². The first kappa shape index (κ1) is 23.1. The van der Waals surface area contributed by atoms with Crippen molar-refractivity contribution in [2.75, 3.05) is 18.8 Å². The molecule has 1 saturated carbocycles. The standard InChI is InChI=1S/C12H14F3NO.C7H9N3.C2H6/c13-12(14,15)10-3-1-9(2-4-10)8-17-11-5-6-16-7-11;8-7-9-3-6(4-10-7)5-1-2-5;1-2/h1-4,11,16H,5-8H2;3-5H,1-2H2,(H2,8,9,10);1-2H3. The largest absolute Gasteiger partial charge is 0.416 e. The normalized spacial score (nSPS) is 18.3. The number of halogens is 3. The van der Waals surface area contributed by atoms with Gasteiger partial charge in [-0.05, 0) is 55.0 Å². The molecular formula is C21H29F3N4O. The molecule has 1 aromatic carbocycles. The third kappa shape index (κ3) is 7.98. The highest BCUT2D eigenvalue weighted by atomic mass is 19.4. The van der Waals surface area contributed by atoms with Gasteiger partial charge in [0.25, 0.3) is 0 Å². The molecule has 1 unspecified atom stereocenters. The Labute approximate surface area is 169 Å². The van der Waals surface area contributed by atoms with Crippen LogP contribution in [0.15, 0.2) is 36.7 Å². The van der Waals surface area contributed by atoms with Crippen LogP contribution < -0.4 is 11.1 Å². The number of ether oxygens (including phenoxy) is 1. The average Bonchev–Trinajstić information content (AvgIpc) is 3.44. The summed E-state index contributed by atoms with van der Waals surface area (Å²) in [5.41, 5.74) is 6.70. The lowest BCUT2D eigenvalue weighted by atomic mass is 10.1. The highest BCUT2D eigenvalue weighted by Crippen LogP contribution is 2.39. The third-order valence-corrected chi connectivity index (χ3v) is 4.52. The summed E-state index contributed by atoms with van der Waals surface area (Å²) in [7, 11) is 0. The van der Waals surface area contributed by atoms with Crippen molar-refractivity contribution in [2.24, 2.45) is 0 Å². The maximum atomic E-state index is 12.3. The van der Waals surface area contributed by atoms with Crippen LogP contribution in [0.5, 0.6) is 0 Å². The van der Waals surface area contributed by atoms with Gasteiger partial charge in [0.05, 0.1) is 18.3 Å². The lowest BCUT2D eigenvalue weighted by Crippen LogP contribution is -2.16. The second-order valence-electron chi connectivity index (χ2n) is 6.77. The van der Waals surface area contributed by atoms with Crippen LogP contribution in [0.25, 0.3) is 0 Å². The number of alkyl halides is 3. The van der Waals surface area contributed by atoms with Crippen LogP contribution in [0.3, 0.4) is 0 Å². The van der Waals surface area contributed by atoms with E-state index in [-0.39, 0.29) is 6.10 Å². The molecule has 8 heteroatoms. The van der Waals surface area contributed by atoms with Gasteiger partial charge in [0.1, 0.15) is 0 Å². The average molecular weight is 410 g/mol. The predicted molar refractivity (Wildman–Crippen MR) is 107 cm³/mol. The minimum atomic E-state index is -4.27. The van der Waals surface area contributed by atoms with Gasteiger partial charge in [-0.15, -0.1) is 0 Å². The van der Waals surface area contributed by atoms with Gasteiger partial charge in [0.2, 0.25) is 5.95 Å². The van der Waals surface area contributed by atoms with Gasteiger partial charge in [-0.2, -0.15) is 13.2 Å². The van der Waals surface area contributed by atoms with Crippen molar-refractivity contribution in [2.45, 2.75) is 57.9 Å². The molecular weight excluding hydrogens is 381 g/mol. The topological polar surface area (TPSA) is 73.1 Å². The number of nitrogens with zero attached hydrogens (tertiary/aromatic N) is 2. The van der Waals surface area contributed by atoms with Gasteiger partial charge in [0.15, 0.2) is 0 Å². The highest BCUT2D eigenvalue weighted by molar-refractivity contribution is 5.24. The van der Waals surface area contributed by atoms with E-state index < -0.39 is 11.7 Å². The summed E-state index contributed by atoms with van der Waals surface area (Å²) in [5.74, 6) is 1.09. The van der Waals surface area contributed by atoms with Crippen LogP contribution in [-0.4, -0.2) is 29.2 Å². The van der Waals surface area contributed by atoms with Crippen molar-refractivity contribution in [3.8, 4) is 0 Å². The fourth-order valence-corrected chi connectivity index (χ4v) is 2.75. The molecule has 0 bridgehead atoms. The van der Waals surface area contributed by atoms with Crippen LogP contribution in [0.1, 0.15) is 55.7 Å². The maximum absolute atomic E-state index is 12.3. The van der Waals surface area contributed by atoms with Gasteiger partial charge in [-0.3, -0.25) is 0 Å². The first-order valence-corrected chi connectivity index (χ1v) is 9.97. The summed E-state index contributed by atoms with van der Waals surface area (Å²) >= 11 is 0. The highest BCUT2D eigenvalue weighted by Gasteiger charge is 2.30. The Morgan fingerprint density at radius 1 is 1.07 bits per heavy atom. The van der Waals surface area contributed by atoms with Gasteiger partial charge in [-0.1, -0.05) is 26.0 Å². The smallest absolute Gasteiger partial charge is 0.372 e. The van der Waals surface area contributed by atoms with Gasteiger partial charge in [0, 0.05) is 18.9 Å². The first-order chi connectivity index (χ1) is 13.9. The van der Waals surface area contributed by atoms with Gasteiger partial charge >= 0.3 is 6.18 Å². The van der Waals surface area contributed by atoms with E-state index in [4.69, 9.17) is 10.5 Å². The Morgan fingerprint density at radius 3 is 2.17 bits per heavy atom. The molecule has 2 aromatic rings. The number of nitrogens with one attached hydrogen (secondary N) is 1. The molecule has 0 radical (unpaired) electrons. The van der Waals surface area contributed by atoms with E-state index in [1.54, 1.807) is 0 Å². The number of nitrogen functional groups attached to an aromatic ring is 1. The summed E-state index contributed by atoms with van der Waals surface area (Å²) in [5, 5.41) is 3.16. The number of rotatable bonds is 4. The van der Waals surface area contributed by atoms with Gasteiger partial charge < -0.3 is 15.8 Å². The molecule has 29 heavy (non-hydrogen) atoms. The van der Waals surface area contributed by atoms with E-state index in [0.717, 1.165) is 43.1 Å². The quantitative estimate of drug-likeness (QED) is 0.774. The Balaban J connectivity index is 0.000000212. The van der Waals surface area contributed by atoms with Crippen LogP contribution >= 0.6 is 0 Å². The molecule has 2 aliphatic rings. The fraction of sp³-hybridized carbons (Fsp3) is 0.524. The van der Waals surface area contributed by atoms with Crippen LogP contribution in [0, 0.1) is 0 Å². The molecule has 3 N–H and O–H groups in total. The minimum Gasteiger partial charge on any atom is -0.372 e. The van der Waals surface area contributed by atoms with Crippen molar-refractivity contribution in [1.82, 2.24) is 15.3 Å². The number of aromatic nitrogens is 2. The summed E-state index contributed by atoms with van der Waals surface area (Å²) in [4.78, 5) is 7.81. The van der Waals surface area contributed by atoms with Crippen molar-refractivity contribution >= 4 is 5.95 Å². The zero-order chi connectivity index (χ0) is 21.3. The van der Waals surface area contributed by atoms with E-state index >= 15 is 0 Å². The Bertz CT molecular complexity index is 710. The first-order valence-electron chi connectivity index (χ1n) is 9.97. The van der Waals surface area contributed by atoms with E-state index in [9.17, 15) is 13.2 Å². The number of hydrogen-bond donors (Lipinski definition) is 2. The molecule has 5 nitrogen and oxygen atoms in total. The van der Waals surface area contributed by atoms with Crippen LogP contribution in [0.2, 0.25) is 0 Å². The van der Waals surface area contributed by atoms with Gasteiger partial charge in [-0.25, -0.2) is 9.97 Å². The molecule has 2 heterocycles. The number of anilines is 1. The maximum Gasteiger partial charge on any atom is 0.416 e. The fourth-order valence-electron chi connectivity index (χ4n) is 2.75. The predicted octanol–water partition coefficient (Wildman–Crippen LogP) is 4.55. The second kappa shape index (κ2) is 11.1. The van der Waals surface area contributed by atoms with E-state index in [1.807, 2.05) is 26.2 Å². The number of hydrogen-bond acceptors (Lipinski definition) is 5. The molecule has 1 saturated heterocycles. The molecule has 160 valence electrons. The summed E-state index contributed by atoms with van der Waals surface area (Å²) < 4.78 is 42.5. The summed E-state index contributed by atoms with van der Waals surface area (Å²) in [6.07, 6.45) is 3.08. The zero-order valence-corrected chi connectivity index (χ0v) is 16.9. The molecule has 1 aliphatic heterocycles. The zero-order valence-electron chi connectivity index (χ0n) is 16.9. The molecule has 2 fully saturated rings. The molecule has 1 aliphatic carbocycles. The SMILES string of the molecule is CC.FC(F)(F)c1ccc(COC2CCNC2)cc1.Nc1ncc(C2CC2)cn1. The molecule has 0 spiro atoms. The van der Waals surface area contributed by atoms with Crippen LogP contribution in [-0.2, 0) is 17.5 Å². The van der Waals surface area contributed by atoms with E-state index in [0.29, 0.717) is 12.6 Å². The van der Waals surface area contributed by atoms with Crippen LogP contribution in [0.4, 0.5) is 19.1 Å². The Morgan fingerprint density at radius 2 is 1.69 bits per heavy atom. The Kier molecular flexibility index (Phi) is 8.85. The molecule has 1 atom stereocenters. The molecule has 4 rings (SSSR count). The lowest BCUT2D eigenvalue weighted by molar-refractivity contribution is -0.137. The van der Waals surface area contributed by atoms with Crippen molar-refractivity contribution in [1.29, 1.82) is 0 Å². The summed E-state index contributed by atoms with van der Waals surface area (Å²) in [6, 6.07) is 5.10. The summed E-state index contributed by atoms with van der Waals surface area (Å²) in [6.45, 7) is 6.13.